The smallest absolute Gasteiger partial charge is 0.407 e. The lowest BCUT2D eigenvalue weighted by Gasteiger charge is -2.12. The predicted molar refractivity (Wildman–Crippen MR) is 170 cm³/mol. The van der Waals surface area contributed by atoms with Crippen LogP contribution in [0.15, 0.2) is 11.1 Å². The summed E-state index contributed by atoms with van der Waals surface area (Å²) in [4.78, 5) is 24.1. The van der Waals surface area contributed by atoms with Crippen LogP contribution in [-0.2, 0) is 14.3 Å². The number of allylic oxidation sites excluding steroid dienone is 1. The van der Waals surface area contributed by atoms with Gasteiger partial charge in [-0.2, -0.15) is 0 Å². The Morgan fingerprint density at radius 1 is 0.590 bits per heavy atom. The molecule has 0 spiro atoms. The Balaban J connectivity index is 3.60. The Labute approximate surface area is 250 Å². The maximum atomic E-state index is 12.1. The van der Waals surface area contributed by atoms with E-state index in [0.29, 0.717) is 13.0 Å². The van der Waals surface area contributed by atoms with E-state index in [0.717, 1.165) is 48.6 Å². The number of hydrogen-bond donors (Lipinski definition) is 1. The van der Waals surface area contributed by atoms with Crippen LogP contribution in [0, 0.1) is 0 Å². The number of alkyl carbamates (subject to hydrolysis) is 1. The largest absolute Gasteiger partial charge is 0.461 e. The molecule has 0 aliphatic heterocycles. The first-order valence-corrected chi connectivity index (χ1v) is 17.4. The molecule has 0 rings (SSSR count). The number of nitrogens with one attached hydrogen (secondary N) is 1. The molecule has 0 radical (unpaired) electrons. The van der Waals surface area contributed by atoms with Crippen LogP contribution < -0.4 is 5.32 Å². The fourth-order valence-electron chi connectivity index (χ4n) is 4.53. The summed E-state index contributed by atoms with van der Waals surface area (Å²) in [6.07, 6.45) is 26.9. The molecule has 0 fully saturated rings. The minimum Gasteiger partial charge on any atom is -0.461 e. The molecule has 39 heavy (non-hydrogen) atoms. The zero-order valence-corrected chi connectivity index (χ0v) is 27.5. The third-order valence-corrected chi connectivity index (χ3v) is 7.87. The summed E-state index contributed by atoms with van der Waals surface area (Å²) in [6.45, 7) is 7.17. The van der Waals surface area contributed by atoms with Crippen LogP contribution in [0.3, 0.4) is 0 Å². The fourth-order valence-corrected chi connectivity index (χ4v) is 4.93. The van der Waals surface area contributed by atoms with Crippen LogP contribution in [0.5, 0.6) is 0 Å². The van der Waals surface area contributed by atoms with Crippen molar-refractivity contribution in [2.75, 3.05) is 25.1 Å². The maximum absolute atomic E-state index is 12.1. The average Bonchev–Trinajstić information content (AvgIpc) is 2.92. The van der Waals surface area contributed by atoms with E-state index in [-0.39, 0.29) is 19.2 Å². The topological polar surface area (TPSA) is 64.6 Å². The highest BCUT2D eigenvalue weighted by molar-refractivity contribution is 9.09. The summed E-state index contributed by atoms with van der Waals surface area (Å²) in [6, 6.07) is 0. The second kappa shape index (κ2) is 29.9. The minimum atomic E-state index is -0.399. The number of rotatable bonds is 28. The quantitative estimate of drug-likeness (QED) is 0.0411. The van der Waals surface area contributed by atoms with Crippen LogP contribution in [0.2, 0.25) is 0 Å². The van der Waals surface area contributed by atoms with Gasteiger partial charge in [-0.15, -0.1) is 0 Å². The fraction of sp³-hybridized carbons (Fsp3) is 0.879. The summed E-state index contributed by atoms with van der Waals surface area (Å²) in [5.41, 5.74) is 1.86. The summed E-state index contributed by atoms with van der Waals surface area (Å²) in [5, 5.41) is 3.89. The SMILES string of the molecule is CCCCCCCCCCCCCCCCCCNC(=O)OCC(COC(=O)CCCCCCCBr)=C(C)C. The number of halogens is 1. The second-order valence-electron chi connectivity index (χ2n) is 11.3. The van der Waals surface area contributed by atoms with Crippen molar-refractivity contribution in [3.63, 3.8) is 0 Å². The molecule has 0 aliphatic carbocycles. The first-order chi connectivity index (χ1) is 19.0. The van der Waals surface area contributed by atoms with Crippen LogP contribution in [0.25, 0.3) is 0 Å². The molecule has 0 bridgehead atoms. The lowest BCUT2D eigenvalue weighted by molar-refractivity contribution is -0.142. The molecule has 1 amide bonds. The monoisotopic (exact) mass is 615 g/mol. The number of carbonyl (C=O) groups excluding carboxylic acids is 2. The molecule has 0 aromatic rings. The standard InChI is InChI=1S/C33H62BrNO4/c1-4-5-6-7-8-9-10-11-12-13-14-15-16-17-21-24-27-35-33(37)39-29-31(30(2)3)28-38-32(36)25-22-19-18-20-23-26-34/h4-29H2,1-3H3,(H,35,37). The number of hydrogen-bond acceptors (Lipinski definition) is 4. The van der Waals surface area contributed by atoms with Gasteiger partial charge in [-0.05, 0) is 33.1 Å². The summed E-state index contributed by atoms with van der Waals surface area (Å²) < 4.78 is 10.8. The number of esters is 1. The third-order valence-electron chi connectivity index (χ3n) is 7.31. The molecule has 0 unspecified atom stereocenters. The van der Waals surface area contributed by atoms with E-state index in [1.54, 1.807) is 0 Å². The van der Waals surface area contributed by atoms with Gasteiger partial charge in [0.2, 0.25) is 0 Å². The van der Waals surface area contributed by atoms with Crippen molar-refractivity contribution in [1.82, 2.24) is 5.32 Å². The van der Waals surface area contributed by atoms with Crippen molar-refractivity contribution in [1.29, 1.82) is 0 Å². The van der Waals surface area contributed by atoms with E-state index < -0.39 is 6.09 Å². The van der Waals surface area contributed by atoms with Crippen LogP contribution in [0.4, 0.5) is 4.79 Å². The number of unbranched alkanes of at least 4 members (excludes halogenated alkanes) is 19. The van der Waals surface area contributed by atoms with E-state index in [4.69, 9.17) is 9.47 Å². The van der Waals surface area contributed by atoms with Crippen LogP contribution >= 0.6 is 15.9 Å². The van der Waals surface area contributed by atoms with E-state index in [9.17, 15) is 9.59 Å². The Morgan fingerprint density at radius 2 is 1.03 bits per heavy atom. The number of ether oxygens (including phenoxy) is 2. The molecular weight excluding hydrogens is 554 g/mol. The molecule has 0 aromatic heterocycles. The van der Waals surface area contributed by atoms with Gasteiger partial charge in [-0.3, -0.25) is 4.79 Å². The van der Waals surface area contributed by atoms with E-state index in [2.05, 4.69) is 28.2 Å². The Morgan fingerprint density at radius 3 is 1.51 bits per heavy atom. The zero-order valence-electron chi connectivity index (χ0n) is 25.9. The maximum Gasteiger partial charge on any atom is 0.407 e. The molecular formula is C33H62BrNO4. The molecule has 0 aromatic carbocycles. The van der Waals surface area contributed by atoms with E-state index in [1.807, 2.05) is 13.8 Å². The first kappa shape index (κ1) is 38.0. The third kappa shape index (κ3) is 28.3. The predicted octanol–water partition coefficient (Wildman–Crippen LogP) is 10.6. The van der Waals surface area contributed by atoms with Crippen molar-refractivity contribution < 1.29 is 19.1 Å². The summed E-state index contributed by atoms with van der Waals surface area (Å²) in [7, 11) is 0. The van der Waals surface area contributed by atoms with E-state index in [1.165, 1.54) is 103 Å². The van der Waals surface area contributed by atoms with Gasteiger partial charge in [-0.25, -0.2) is 4.79 Å². The number of amides is 1. The van der Waals surface area contributed by atoms with Gasteiger partial charge in [0.15, 0.2) is 0 Å². The highest BCUT2D eigenvalue weighted by Crippen LogP contribution is 2.14. The highest BCUT2D eigenvalue weighted by Gasteiger charge is 2.09. The van der Waals surface area contributed by atoms with Gasteiger partial charge in [0, 0.05) is 23.9 Å². The molecule has 0 saturated heterocycles. The molecule has 0 aliphatic rings. The zero-order chi connectivity index (χ0) is 28.8. The molecule has 0 atom stereocenters. The number of carbonyl (C=O) groups is 2. The Kier molecular flexibility index (Phi) is 29.1. The molecule has 230 valence electrons. The summed E-state index contributed by atoms with van der Waals surface area (Å²) >= 11 is 3.44. The number of alkyl halides is 1. The van der Waals surface area contributed by atoms with Gasteiger partial charge in [0.25, 0.3) is 0 Å². The Hall–Kier alpha value is -1.04. The molecule has 0 heterocycles. The van der Waals surface area contributed by atoms with Gasteiger partial charge in [-0.1, -0.05) is 144 Å². The Bertz CT molecular complexity index is 605. The van der Waals surface area contributed by atoms with Crippen LogP contribution in [-0.4, -0.2) is 37.2 Å². The van der Waals surface area contributed by atoms with Crippen molar-refractivity contribution in [2.45, 2.75) is 162 Å². The first-order valence-electron chi connectivity index (χ1n) is 16.3. The van der Waals surface area contributed by atoms with Gasteiger partial charge >= 0.3 is 12.1 Å². The lowest BCUT2D eigenvalue weighted by Crippen LogP contribution is -2.26. The molecule has 6 heteroatoms. The van der Waals surface area contributed by atoms with Gasteiger partial charge < -0.3 is 14.8 Å². The van der Waals surface area contributed by atoms with Crippen molar-refractivity contribution >= 4 is 28.0 Å². The van der Waals surface area contributed by atoms with Crippen molar-refractivity contribution in [2.24, 2.45) is 0 Å². The summed E-state index contributed by atoms with van der Waals surface area (Å²) in [5.74, 6) is -0.179. The molecule has 0 saturated carbocycles. The van der Waals surface area contributed by atoms with E-state index >= 15 is 0 Å². The van der Waals surface area contributed by atoms with Crippen molar-refractivity contribution in [3.8, 4) is 0 Å². The normalized spacial score (nSPS) is 10.9. The highest BCUT2D eigenvalue weighted by atomic mass is 79.9. The van der Waals surface area contributed by atoms with Gasteiger partial charge in [0.05, 0.1) is 0 Å². The van der Waals surface area contributed by atoms with Crippen LogP contribution in [0.1, 0.15) is 162 Å². The molecule has 1 N–H and O–H groups in total. The average molecular weight is 617 g/mol. The second-order valence-corrected chi connectivity index (χ2v) is 12.1. The van der Waals surface area contributed by atoms with Crippen molar-refractivity contribution in [3.05, 3.63) is 11.1 Å². The van der Waals surface area contributed by atoms with Gasteiger partial charge in [0.1, 0.15) is 13.2 Å². The molecule has 5 nitrogen and oxygen atoms in total. The minimum absolute atomic E-state index is 0.160. The lowest BCUT2D eigenvalue weighted by atomic mass is 10.0.